The molecule has 1 aliphatic heterocycles. The number of likely N-dealkylation sites (tertiary alicyclic amines) is 1. The van der Waals surface area contributed by atoms with E-state index in [-0.39, 0.29) is 42.5 Å². The molecular formula is C16H31IN4O2. The minimum Gasteiger partial charge on any atom is -0.394 e. The third-order valence-corrected chi connectivity index (χ3v) is 4.51. The predicted molar refractivity (Wildman–Crippen MR) is 103 cm³/mol. The molecule has 0 aromatic rings. The molecule has 0 radical (unpaired) electrons. The van der Waals surface area contributed by atoms with Crippen LogP contribution in [0.15, 0.2) is 4.99 Å². The van der Waals surface area contributed by atoms with Gasteiger partial charge in [-0.15, -0.1) is 24.0 Å². The lowest BCUT2D eigenvalue weighted by atomic mass is 9.88. The van der Waals surface area contributed by atoms with Gasteiger partial charge in [0.15, 0.2) is 5.96 Å². The van der Waals surface area contributed by atoms with Crippen LogP contribution in [0.5, 0.6) is 0 Å². The summed E-state index contributed by atoms with van der Waals surface area (Å²) < 4.78 is 0. The van der Waals surface area contributed by atoms with Crippen LogP contribution in [0.3, 0.4) is 0 Å². The number of hydrogen-bond donors (Lipinski definition) is 3. The van der Waals surface area contributed by atoms with Gasteiger partial charge in [0, 0.05) is 31.6 Å². The van der Waals surface area contributed by atoms with E-state index >= 15 is 0 Å². The Bertz CT molecular complexity index is 386. The van der Waals surface area contributed by atoms with Crippen LogP contribution in [0.25, 0.3) is 0 Å². The van der Waals surface area contributed by atoms with Crippen LogP contribution in [0, 0.1) is 5.92 Å². The number of guanidine groups is 1. The molecule has 134 valence electrons. The molecule has 2 aliphatic rings. The Morgan fingerprint density at radius 1 is 1.26 bits per heavy atom. The molecule has 23 heavy (non-hydrogen) atoms. The second-order valence-corrected chi connectivity index (χ2v) is 6.23. The van der Waals surface area contributed by atoms with Crippen molar-refractivity contribution in [3.63, 3.8) is 0 Å². The maximum Gasteiger partial charge on any atom is 0.225 e. The van der Waals surface area contributed by atoms with Gasteiger partial charge in [-0.2, -0.15) is 0 Å². The van der Waals surface area contributed by atoms with Crippen LogP contribution in [0.1, 0.15) is 45.4 Å². The Morgan fingerprint density at radius 2 is 2.00 bits per heavy atom. The van der Waals surface area contributed by atoms with E-state index < -0.39 is 0 Å². The van der Waals surface area contributed by atoms with Gasteiger partial charge in [0.05, 0.1) is 13.2 Å². The molecule has 7 heteroatoms. The standard InChI is InChI=1S/C16H30N4O2.HI/c1-2-17-16(18-9-11-21)19-14-8-10-20(12-14)15(22)13-6-4-3-5-7-13;/h13-14,21H,2-12H2,1H3,(H2,17,18,19);1H. The fraction of sp³-hybridized carbons (Fsp3) is 0.875. The predicted octanol–water partition coefficient (Wildman–Crippen LogP) is 1.33. The summed E-state index contributed by atoms with van der Waals surface area (Å²) in [5, 5.41) is 15.4. The molecule has 1 aliphatic carbocycles. The Balaban J connectivity index is 0.00000264. The lowest BCUT2D eigenvalue weighted by Gasteiger charge is -2.26. The first-order valence-electron chi connectivity index (χ1n) is 8.69. The van der Waals surface area contributed by atoms with Gasteiger partial charge in [-0.1, -0.05) is 19.3 Å². The van der Waals surface area contributed by atoms with Crippen LogP contribution in [0.2, 0.25) is 0 Å². The van der Waals surface area contributed by atoms with E-state index in [0.29, 0.717) is 12.5 Å². The highest BCUT2D eigenvalue weighted by Gasteiger charge is 2.31. The van der Waals surface area contributed by atoms with Crippen molar-refractivity contribution in [3.8, 4) is 0 Å². The van der Waals surface area contributed by atoms with Crippen LogP contribution in [0.4, 0.5) is 0 Å². The molecule has 2 fully saturated rings. The summed E-state index contributed by atoms with van der Waals surface area (Å²) in [6.07, 6.45) is 6.76. The lowest BCUT2D eigenvalue weighted by molar-refractivity contribution is -0.135. The molecule has 2 rings (SSSR count). The highest BCUT2D eigenvalue weighted by Crippen LogP contribution is 2.26. The minimum absolute atomic E-state index is 0. The van der Waals surface area contributed by atoms with Gasteiger partial charge in [-0.25, -0.2) is 0 Å². The molecule has 0 spiro atoms. The molecule has 6 nitrogen and oxygen atoms in total. The number of carbonyl (C=O) groups excluding carboxylic acids is 1. The Kier molecular flexibility index (Phi) is 9.85. The zero-order valence-corrected chi connectivity index (χ0v) is 16.4. The van der Waals surface area contributed by atoms with Crippen LogP contribution in [-0.4, -0.2) is 60.7 Å². The van der Waals surface area contributed by atoms with E-state index in [2.05, 4.69) is 15.6 Å². The number of hydrogen-bond acceptors (Lipinski definition) is 3. The molecule has 1 saturated carbocycles. The van der Waals surface area contributed by atoms with Gasteiger partial charge < -0.3 is 20.6 Å². The van der Waals surface area contributed by atoms with E-state index in [1.54, 1.807) is 0 Å². The van der Waals surface area contributed by atoms with Crippen molar-refractivity contribution >= 4 is 35.8 Å². The minimum atomic E-state index is 0. The molecule has 1 atom stereocenters. The molecule has 3 N–H and O–H groups in total. The molecule has 1 saturated heterocycles. The second kappa shape index (κ2) is 11.1. The summed E-state index contributed by atoms with van der Waals surface area (Å²) in [5.41, 5.74) is 0. The fourth-order valence-electron chi connectivity index (χ4n) is 3.36. The summed E-state index contributed by atoms with van der Waals surface area (Å²) >= 11 is 0. The number of aliphatic imine (C=N–C) groups is 1. The summed E-state index contributed by atoms with van der Waals surface area (Å²) in [6.45, 7) is 4.85. The quantitative estimate of drug-likeness (QED) is 0.344. The van der Waals surface area contributed by atoms with Gasteiger partial charge in [0.1, 0.15) is 0 Å². The monoisotopic (exact) mass is 438 g/mol. The highest BCUT2D eigenvalue weighted by atomic mass is 127. The molecule has 1 amide bonds. The first-order valence-corrected chi connectivity index (χ1v) is 8.69. The molecular weight excluding hydrogens is 407 g/mol. The van der Waals surface area contributed by atoms with Crippen molar-refractivity contribution < 1.29 is 9.90 Å². The highest BCUT2D eigenvalue weighted by molar-refractivity contribution is 14.0. The summed E-state index contributed by atoms with van der Waals surface area (Å²) in [7, 11) is 0. The van der Waals surface area contributed by atoms with Crippen molar-refractivity contribution in [1.82, 2.24) is 15.5 Å². The Hall–Kier alpha value is -0.570. The van der Waals surface area contributed by atoms with Gasteiger partial charge in [-0.05, 0) is 26.2 Å². The number of rotatable bonds is 5. The van der Waals surface area contributed by atoms with Gasteiger partial charge in [-0.3, -0.25) is 9.79 Å². The summed E-state index contributed by atoms with van der Waals surface area (Å²) in [5.74, 6) is 1.33. The third kappa shape index (κ3) is 6.45. The fourth-order valence-corrected chi connectivity index (χ4v) is 3.36. The van der Waals surface area contributed by atoms with Gasteiger partial charge in [0.25, 0.3) is 0 Å². The second-order valence-electron chi connectivity index (χ2n) is 6.23. The number of amides is 1. The zero-order valence-electron chi connectivity index (χ0n) is 14.1. The van der Waals surface area contributed by atoms with Gasteiger partial charge in [0.2, 0.25) is 5.91 Å². The van der Waals surface area contributed by atoms with Crippen LogP contribution >= 0.6 is 24.0 Å². The SMILES string of the molecule is CCNC(=NCCO)NC1CCN(C(=O)C2CCCCC2)C1.I. The maximum absolute atomic E-state index is 12.5. The number of halogens is 1. The molecule has 0 aromatic carbocycles. The average molecular weight is 438 g/mol. The molecule has 0 bridgehead atoms. The zero-order chi connectivity index (χ0) is 15.8. The average Bonchev–Trinajstić information content (AvgIpc) is 3.01. The van der Waals surface area contributed by atoms with Crippen molar-refractivity contribution in [2.75, 3.05) is 32.8 Å². The molecule has 0 aromatic heterocycles. The maximum atomic E-state index is 12.5. The van der Waals surface area contributed by atoms with Crippen molar-refractivity contribution in [1.29, 1.82) is 0 Å². The largest absolute Gasteiger partial charge is 0.394 e. The van der Waals surface area contributed by atoms with E-state index in [1.165, 1.54) is 19.3 Å². The molecule has 1 heterocycles. The first kappa shape index (κ1) is 20.5. The van der Waals surface area contributed by atoms with Gasteiger partial charge >= 0.3 is 0 Å². The van der Waals surface area contributed by atoms with E-state index in [9.17, 15) is 4.79 Å². The van der Waals surface area contributed by atoms with Crippen LogP contribution < -0.4 is 10.6 Å². The Labute approximate surface area is 156 Å². The summed E-state index contributed by atoms with van der Waals surface area (Å²) in [6, 6.07) is 0.254. The van der Waals surface area contributed by atoms with E-state index in [0.717, 1.165) is 44.9 Å². The number of nitrogens with one attached hydrogen (secondary N) is 2. The number of aliphatic hydroxyl groups is 1. The van der Waals surface area contributed by atoms with Crippen molar-refractivity contribution in [2.24, 2.45) is 10.9 Å². The number of nitrogens with zero attached hydrogens (tertiary/aromatic N) is 2. The van der Waals surface area contributed by atoms with Crippen LogP contribution in [-0.2, 0) is 4.79 Å². The van der Waals surface area contributed by atoms with E-state index in [1.807, 2.05) is 11.8 Å². The number of carbonyl (C=O) groups is 1. The number of aliphatic hydroxyl groups excluding tert-OH is 1. The lowest BCUT2D eigenvalue weighted by Crippen LogP contribution is -2.45. The normalized spacial score (nSPS) is 22.6. The first-order chi connectivity index (χ1) is 10.7. The van der Waals surface area contributed by atoms with Crippen molar-refractivity contribution in [2.45, 2.75) is 51.5 Å². The smallest absolute Gasteiger partial charge is 0.225 e. The molecule has 1 unspecified atom stereocenters. The Morgan fingerprint density at radius 3 is 2.65 bits per heavy atom. The van der Waals surface area contributed by atoms with Crippen molar-refractivity contribution in [3.05, 3.63) is 0 Å². The van der Waals surface area contributed by atoms with E-state index in [4.69, 9.17) is 5.11 Å². The third-order valence-electron chi connectivity index (χ3n) is 4.51. The summed E-state index contributed by atoms with van der Waals surface area (Å²) in [4.78, 5) is 18.9. The topological polar surface area (TPSA) is 77.0 Å².